The van der Waals surface area contributed by atoms with Crippen LogP contribution in [0.1, 0.15) is 5.56 Å². The smallest absolute Gasteiger partial charge is 0.255 e. The van der Waals surface area contributed by atoms with Crippen LogP contribution in [0.25, 0.3) is 11.3 Å². The van der Waals surface area contributed by atoms with E-state index in [0.717, 1.165) is 5.56 Å². The van der Waals surface area contributed by atoms with Crippen LogP contribution in [-0.4, -0.2) is 13.4 Å². The zero-order valence-electron chi connectivity index (χ0n) is 11.8. The standard InChI is InChI=1S/C16H11N3O2S2/c17-10-12-5-4-8-14(9-12)23(20,21)19-16-18-15(11-22-16)13-6-2-1-3-7-13/h1-9,11H,(H,18,19). The molecule has 1 aromatic heterocycles. The largest absolute Gasteiger partial charge is 0.263 e. The highest BCUT2D eigenvalue weighted by Gasteiger charge is 2.17. The minimum absolute atomic E-state index is 0.0352. The number of rotatable bonds is 4. The molecule has 1 N–H and O–H groups in total. The van der Waals surface area contributed by atoms with Crippen LogP contribution in [0.3, 0.4) is 0 Å². The van der Waals surface area contributed by atoms with Gasteiger partial charge in [-0.2, -0.15) is 5.26 Å². The van der Waals surface area contributed by atoms with Crippen molar-refractivity contribution in [3.8, 4) is 17.3 Å². The van der Waals surface area contributed by atoms with Crippen LogP contribution in [0.4, 0.5) is 5.13 Å². The molecule has 0 radical (unpaired) electrons. The molecule has 5 nitrogen and oxygen atoms in total. The lowest BCUT2D eigenvalue weighted by atomic mass is 10.2. The topological polar surface area (TPSA) is 82.8 Å². The van der Waals surface area contributed by atoms with Gasteiger partial charge in [-0.15, -0.1) is 11.3 Å². The Bertz CT molecular complexity index is 974. The van der Waals surface area contributed by atoms with E-state index in [9.17, 15) is 8.42 Å². The number of hydrogen-bond acceptors (Lipinski definition) is 5. The van der Waals surface area contributed by atoms with E-state index in [1.54, 1.807) is 11.4 Å². The van der Waals surface area contributed by atoms with Gasteiger partial charge in [0.15, 0.2) is 5.13 Å². The number of hydrogen-bond donors (Lipinski definition) is 1. The molecule has 3 aromatic rings. The molecule has 0 saturated heterocycles. The van der Waals surface area contributed by atoms with Crippen molar-refractivity contribution in [1.29, 1.82) is 5.26 Å². The number of nitrogens with zero attached hydrogens (tertiary/aromatic N) is 2. The maximum atomic E-state index is 12.4. The SMILES string of the molecule is N#Cc1cccc(S(=O)(=O)Nc2nc(-c3ccccc3)cs2)c1. The summed E-state index contributed by atoms with van der Waals surface area (Å²) in [5.41, 5.74) is 1.91. The van der Waals surface area contributed by atoms with Crippen molar-refractivity contribution in [3.05, 3.63) is 65.5 Å². The third kappa shape index (κ3) is 3.39. The summed E-state index contributed by atoms with van der Waals surface area (Å²) in [6.45, 7) is 0. The van der Waals surface area contributed by atoms with Gasteiger partial charge in [-0.3, -0.25) is 4.72 Å². The first-order chi connectivity index (χ1) is 11.1. The third-order valence-corrected chi connectivity index (χ3v) is 5.29. The fourth-order valence-electron chi connectivity index (χ4n) is 1.97. The Kier molecular flexibility index (Phi) is 4.10. The molecule has 0 amide bonds. The van der Waals surface area contributed by atoms with E-state index in [4.69, 9.17) is 5.26 Å². The quantitative estimate of drug-likeness (QED) is 0.787. The average Bonchev–Trinajstić information content (AvgIpc) is 3.03. The zero-order valence-corrected chi connectivity index (χ0v) is 13.4. The van der Waals surface area contributed by atoms with Gasteiger partial charge in [0.1, 0.15) is 0 Å². The van der Waals surface area contributed by atoms with Crippen molar-refractivity contribution in [2.75, 3.05) is 4.72 Å². The molecule has 114 valence electrons. The van der Waals surface area contributed by atoms with Crippen LogP contribution in [0, 0.1) is 11.3 Å². The molecule has 0 fully saturated rings. The van der Waals surface area contributed by atoms with E-state index in [1.165, 1.54) is 29.5 Å². The van der Waals surface area contributed by atoms with Gasteiger partial charge in [0, 0.05) is 10.9 Å². The van der Waals surface area contributed by atoms with Crippen molar-refractivity contribution in [2.45, 2.75) is 4.90 Å². The molecule has 0 aliphatic rings. The van der Waals surface area contributed by atoms with Crippen molar-refractivity contribution in [3.63, 3.8) is 0 Å². The normalized spacial score (nSPS) is 10.9. The summed E-state index contributed by atoms with van der Waals surface area (Å²) in [6, 6.07) is 17.3. The third-order valence-electron chi connectivity index (χ3n) is 3.07. The molecule has 0 spiro atoms. The van der Waals surface area contributed by atoms with Gasteiger partial charge in [-0.1, -0.05) is 36.4 Å². The maximum Gasteiger partial charge on any atom is 0.263 e. The van der Waals surface area contributed by atoms with Gasteiger partial charge < -0.3 is 0 Å². The van der Waals surface area contributed by atoms with E-state index in [2.05, 4.69) is 9.71 Å². The number of thiazole rings is 1. The summed E-state index contributed by atoms with van der Waals surface area (Å²) in [7, 11) is -3.77. The highest BCUT2D eigenvalue weighted by Crippen LogP contribution is 2.26. The average molecular weight is 341 g/mol. The van der Waals surface area contributed by atoms with Gasteiger partial charge in [-0.05, 0) is 18.2 Å². The second kappa shape index (κ2) is 6.20. The summed E-state index contributed by atoms with van der Waals surface area (Å²) in [5, 5.41) is 10.9. The van der Waals surface area contributed by atoms with Gasteiger partial charge >= 0.3 is 0 Å². The first kappa shape index (κ1) is 15.2. The molecule has 1 heterocycles. The number of sulfonamides is 1. The van der Waals surface area contributed by atoms with Crippen molar-refractivity contribution in [2.24, 2.45) is 0 Å². The predicted octanol–water partition coefficient (Wildman–Crippen LogP) is 3.48. The molecule has 0 aliphatic heterocycles. The Hall–Kier alpha value is -2.69. The number of anilines is 1. The molecular weight excluding hydrogens is 330 g/mol. The van der Waals surface area contributed by atoms with E-state index in [1.807, 2.05) is 36.4 Å². The Morgan fingerprint density at radius 1 is 1.09 bits per heavy atom. The van der Waals surface area contributed by atoms with Crippen LogP contribution < -0.4 is 4.72 Å². The van der Waals surface area contributed by atoms with Crippen molar-refractivity contribution < 1.29 is 8.42 Å². The molecule has 23 heavy (non-hydrogen) atoms. The lowest BCUT2D eigenvalue weighted by molar-refractivity contribution is 0.601. The Morgan fingerprint density at radius 3 is 2.61 bits per heavy atom. The highest BCUT2D eigenvalue weighted by atomic mass is 32.2. The minimum Gasteiger partial charge on any atom is -0.255 e. The van der Waals surface area contributed by atoms with Crippen molar-refractivity contribution in [1.82, 2.24) is 4.98 Å². The lowest BCUT2D eigenvalue weighted by Gasteiger charge is -2.05. The summed E-state index contributed by atoms with van der Waals surface area (Å²) >= 11 is 1.21. The molecule has 7 heteroatoms. The second-order valence-electron chi connectivity index (χ2n) is 4.65. The molecule has 0 unspecified atom stereocenters. The number of nitrogens with one attached hydrogen (secondary N) is 1. The first-order valence-corrected chi connectivity index (χ1v) is 8.99. The predicted molar refractivity (Wildman–Crippen MR) is 89.5 cm³/mol. The summed E-state index contributed by atoms with van der Waals surface area (Å²) in [4.78, 5) is 4.33. The van der Waals surface area contributed by atoms with E-state index < -0.39 is 10.0 Å². The molecular formula is C16H11N3O2S2. The van der Waals surface area contributed by atoms with E-state index in [0.29, 0.717) is 5.69 Å². The fraction of sp³-hybridized carbons (Fsp3) is 0. The molecule has 0 saturated carbocycles. The number of aromatic nitrogens is 1. The summed E-state index contributed by atoms with van der Waals surface area (Å²) < 4.78 is 27.2. The minimum atomic E-state index is -3.77. The Labute approximate surface area is 137 Å². The number of nitriles is 1. The van der Waals surface area contributed by atoms with Gasteiger partial charge in [0.05, 0.1) is 22.2 Å². The highest BCUT2D eigenvalue weighted by molar-refractivity contribution is 7.93. The second-order valence-corrected chi connectivity index (χ2v) is 7.19. The number of benzene rings is 2. The van der Waals surface area contributed by atoms with Gasteiger partial charge in [0.2, 0.25) is 0 Å². The fourth-order valence-corrected chi connectivity index (χ4v) is 3.99. The van der Waals surface area contributed by atoms with Crippen LogP contribution in [-0.2, 0) is 10.0 Å². The van der Waals surface area contributed by atoms with Gasteiger partial charge in [0.25, 0.3) is 10.0 Å². The Balaban J connectivity index is 1.87. The van der Waals surface area contributed by atoms with E-state index in [-0.39, 0.29) is 15.6 Å². The van der Waals surface area contributed by atoms with Crippen molar-refractivity contribution >= 4 is 26.5 Å². The molecule has 0 atom stereocenters. The molecule has 2 aromatic carbocycles. The molecule has 0 bridgehead atoms. The summed E-state index contributed by atoms with van der Waals surface area (Å²) in [5.74, 6) is 0. The Morgan fingerprint density at radius 2 is 1.87 bits per heavy atom. The van der Waals surface area contributed by atoms with Crippen LogP contribution in [0.2, 0.25) is 0 Å². The summed E-state index contributed by atoms with van der Waals surface area (Å²) in [6.07, 6.45) is 0. The van der Waals surface area contributed by atoms with Crippen LogP contribution in [0.5, 0.6) is 0 Å². The maximum absolute atomic E-state index is 12.4. The van der Waals surface area contributed by atoms with Crippen LogP contribution in [0.15, 0.2) is 64.9 Å². The monoisotopic (exact) mass is 341 g/mol. The zero-order chi connectivity index (χ0) is 16.3. The first-order valence-electron chi connectivity index (χ1n) is 6.62. The lowest BCUT2D eigenvalue weighted by Crippen LogP contribution is -2.12. The van der Waals surface area contributed by atoms with E-state index >= 15 is 0 Å². The van der Waals surface area contributed by atoms with Crippen LogP contribution >= 0.6 is 11.3 Å². The molecule has 0 aliphatic carbocycles. The molecule has 3 rings (SSSR count). The van der Waals surface area contributed by atoms with Gasteiger partial charge in [-0.25, -0.2) is 13.4 Å².